The van der Waals surface area contributed by atoms with Crippen molar-refractivity contribution in [2.24, 2.45) is 5.92 Å². The first-order valence-corrected chi connectivity index (χ1v) is 10.4. The van der Waals surface area contributed by atoms with Gasteiger partial charge in [0.1, 0.15) is 11.4 Å². The second kappa shape index (κ2) is 10.9. The van der Waals surface area contributed by atoms with E-state index in [1.54, 1.807) is 30.3 Å². The monoisotopic (exact) mass is 499 g/mol. The maximum Gasteiger partial charge on any atom is 0.439 e. The van der Waals surface area contributed by atoms with E-state index >= 15 is 0 Å². The SMILES string of the molecule is Cl.O=C(NC[C@@H]1CNCCO[C@H]1c1ccc(Cl)c(Cl)c1)c1cccc(-c2noc(=O)[nH]2)n1. The van der Waals surface area contributed by atoms with Crippen LogP contribution in [0.4, 0.5) is 0 Å². The van der Waals surface area contributed by atoms with Crippen LogP contribution < -0.4 is 16.4 Å². The molecule has 2 atom stereocenters. The molecule has 3 aromatic rings. The number of ether oxygens (including phenoxy) is 1. The summed E-state index contributed by atoms with van der Waals surface area (Å²) in [6, 6.07) is 10.3. The molecule has 2 aromatic heterocycles. The van der Waals surface area contributed by atoms with E-state index in [4.69, 9.17) is 27.9 Å². The molecule has 1 aliphatic heterocycles. The fraction of sp³-hybridized carbons (Fsp3) is 0.300. The largest absolute Gasteiger partial charge is 0.439 e. The Labute approximate surface area is 199 Å². The number of amides is 1. The van der Waals surface area contributed by atoms with Gasteiger partial charge in [-0.05, 0) is 29.8 Å². The molecule has 4 rings (SSSR count). The second-order valence-corrected chi connectivity index (χ2v) is 7.81. The Morgan fingerprint density at radius 2 is 2.06 bits per heavy atom. The van der Waals surface area contributed by atoms with E-state index in [-0.39, 0.29) is 41.9 Å². The van der Waals surface area contributed by atoms with Crippen molar-refractivity contribution in [3.05, 3.63) is 68.3 Å². The number of nitrogens with zero attached hydrogens (tertiary/aromatic N) is 2. The van der Waals surface area contributed by atoms with Crippen molar-refractivity contribution < 1.29 is 14.1 Å². The third-order valence-electron chi connectivity index (χ3n) is 4.87. The van der Waals surface area contributed by atoms with Crippen molar-refractivity contribution in [3.63, 3.8) is 0 Å². The lowest BCUT2D eigenvalue weighted by Gasteiger charge is -2.25. The molecular weight excluding hydrogens is 481 g/mol. The van der Waals surface area contributed by atoms with Crippen molar-refractivity contribution in [1.82, 2.24) is 25.8 Å². The first kappa shape index (κ1) is 24.2. The van der Waals surface area contributed by atoms with Crippen LogP contribution in [0.1, 0.15) is 22.2 Å². The average Bonchev–Trinajstić information content (AvgIpc) is 3.07. The van der Waals surface area contributed by atoms with Gasteiger partial charge in [-0.25, -0.2) is 9.78 Å². The first-order valence-electron chi connectivity index (χ1n) is 9.60. The summed E-state index contributed by atoms with van der Waals surface area (Å²) in [6.07, 6.45) is -0.260. The predicted molar refractivity (Wildman–Crippen MR) is 121 cm³/mol. The van der Waals surface area contributed by atoms with Gasteiger partial charge in [-0.2, -0.15) is 0 Å². The van der Waals surface area contributed by atoms with Crippen LogP contribution in [0.25, 0.3) is 11.5 Å². The van der Waals surface area contributed by atoms with Gasteiger partial charge < -0.3 is 15.4 Å². The van der Waals surface area contributed by atoms with Gasteiger partial charge in [0.25, 0.3) is 5.91 Å². The van der Waals surface area contributed by atoms with Gasteiger partial charge in [-0.3, -0.25) is 14.3 Å². The number of carbonyl (C=O) groups excluding carboxylic acids is 1. The Kier molecular flexibility index (Phi) is 8.27. The third kappa shape index (κ3) is 5.67. The van der Waals surface area contributed by atoms with E-state index in [1.807, 2.05) is 6.07 Å². The second-order valence-electron chi connectivity index (χ2n) is 6.99. The summed E-state index contributed by atoms with van der Waals surface area (Å²) in [5.41, 5.74) is 1.41. The fourth-order valence-corrected chi connectivity index (χ4v) is 3.68. The molecule has 3 N–H and O–H groups in total. The lowest BCUT2D eigenvalue weighted by molar-refractivity contribution is 0.0305. The quantitative estimate of drug-likeness (QED) is 0.492. The van der Waals surface area contributed by atoms with Crippen molar-refractivity contribution >= 4 is 41.5 Å². The van der Waals surface area contributed by atoms with E-state index < -0.39 is 5.76 Å². The van der Waals surface area contributed by atoms with Crippen molar-refractivity contribution in [2.45, 2.75) is 6.10 Å². The van der Waals surface area contributed by atoms with Crippen molar-refractivity contribution in [2.75, 3.05) is 26.2 Å². The molecule has 9 nitrogen and oxygen atoms in total. The topological polar surface area (TPSA) is 122 Å². The highest BCUT2D eigenvalue weighted by Crippen LogP contribution is 2.32. The molecule has 32 heavy (non-hydrogen) atoms. The summed E-state index contributed by atoms with van der Waals surface area (Å²) in [6.45, 7) is 2.25. The summed E-state index contributed by atoms with van der Waals surface area (Å²) in [7, 11) is 0. The smallest absolute Gasteiger partial charge is 0.372 e. The normalized spacial score (nSPS) is 18.4. The number of aromatic amines is 1. The Morgan fingerprint density at radius 3 is 2.81 bits per heavy atom. The van der Waals surface area contributed by atoms with E-state index in [2.05, 4.69) is 30.3 Å². The molecule has 170 valence electrons. The minimum Gasteiger partial charge on any atom is -0.372 e. The molecule has 0 saturated carbocycles. The summed E-state index contributed by atoms with van der Waals surface area (Å²) in [4.78, 5) is 30.5. The summed E-state index contributed by atoms with van der Waals surface area (Å²) in [5, 5.41) is 10.7. The van der Waals surface area contributed by atoms with Crippen molar-refractivity contribution in [1.29, 1.82) is 0 Å². The number of halogens is 3. The summed E-state index contributed by atoms with van der Waals surface area (Å²) in [5.74, 6) is -0.940. The first-order chi connectivity index (χ1) is 15.0. The highest BCUT2D eigenvalue weighted by atomic mass is 35.5. The van der Waals surface area contributed by atoms with E-state index in [9.17, 15) is 9.59 Å². The number of benzene rings is 1. The Morgan fingerprint density at radius 1 is 1.22 bits per heavy atom. The number of hydrogen-bond acceptors (Lipinski definition) is 7. The van der Waals surface area contributed by atoms with Crippen LogP contribution in [0.3, 0.4) is 0 Å². The van der Waals surface area contributed by atoms with Crippen LogP contribution in [0.2, 0.25) is 10.0 Å². The molecule has 3 heterocycles. The zero-order valence-electron chi connectivity index (χ0n) is 16.6. The maximum atomic E-state index is 12.7. The number of H-pyrrole nitrogens is 1. The molecule has 1 aliphatic rings. The zero-order chi connectivity index (χ0) is 21.8. The molecular formula is C20H20Cl3N5O4. The van der Waals surface area contributed by atoms with Gasteiger partial charge in [-0.15, -0.1) is 12.4 Å². The highest BCUT2D eigenvalue weighted by molar-refractivity contribution is 6.42. The standard InChI is InChI=1S/C20H19Cl2N5O4.ClH/c21-13-5-4-11(8-14(13)22)17-12(9-23-6-7-30-17)10-24-19(28)16-3-1-2-15(25-16)18-26-20(29)31-27-18;/h1-5,8,12,17,23H,6-7,9-10H2,(H,24,28)(H,26,27,29);1H/t12-,17-;/m0./s1. The molecule has 0 aliphatic carbocycles. The minimum atomic E-state index is -0.694. The lowest BCUT2D eigenvalue weighted by Crippen LogP contribution is -2.36. The Balaban J connectivity index is 0.00000289. The number of carbonyl (C=O) groups is 1. The van der Waals surface area contributed by atoms with Crippen LogP contribution in [-0.4, -0.2) is 47.3 Å². The van der Waals surface area contributed by atoms with Crippen LogP contribution in [-0.2, 0) is 4.74 Å². The Hall–Kier alpha value is -2.43. The molecule has 0 bridgehead atoms. The van der Waals surface area contributed by atoms with Crippen LogP contribution in [0.5, 0.6) is 0 Å². The van der Waals surface area contributed by atoms with Gasteiger partial charge in [0, 0.05) is 25.6 Å². The van der Waals surface area contributed by atoms with Gasteiger partial charge in [0.15, 0.2) is 0 Å². The highest BCUT2D eigenvalue weighted by Gasteiger charge is 2.27. The molecule has 1 saturated heterocycles. The summed E-state index contributed by atoms with van der Waals surface area (Å²) >= 11 is 12.2. The number of hydrogen-bond donors (Lipinski definition) is 3. The molecule has 0 radical (unpaired) electrons. The van der Waals surface area contributed by atoms with E-state index in [0.717, 1.165) is 5.56 Å². The molecule has 12 heteroatoms. The predicted octanol–water partition coefficient (Wildman–Crippen LogP) is 2.86. The summed E-state index contributed by atoms with van der Waals surface area (Å²) < 4.78 is 10.5. The minimum absolute atomic E-state index is 0. The van der Waals surface area contributed by atoms with Gasteiger partial charge in [-0.1, -0.05) is 40.5 Å². The number of pyridine rings is 1. The molecule has 1 fully saturated rings. The fourth-order valence-electron chi connectivity index (χ4n) is 3.37. The third-order valence-corrected chi connectivity index (χ3v) is 5.61. The van der Waals surface area contributed by atoms with Gasteiger partial charge in [0.2, 0.25) is 5.82 Å². The van der Waals surface area contributed by atoms with Gasteiger partial charge in [0.05, 0.1) is 22.8 Å². The van der Waals surface area contributed by atoms with Gasteiger partial charge >= 0.3 is 5.76 Å². The number of aromatic nitrogens is 3. The average molecular weight is 501 g/mol. The van der Waals surface area contributed by atoms with Crippen molar-refractivity contribution in [3.8, 4) is 11.5 Å². The van der Waals surface area contributed by atoms with E-state index in [1.165, 1.54) is 0 Å². The van der Waals surface area contributed by atoms with E-state index in [0.29, 0.717) is 42.0 Å². The number of rotatable bonds is 5. The maximum absolute atomic E-state index is 12.7. The Bertz CT molecular complexity index is 1140. The van der Waals surface area contributed by atoms with Crippen LogP contribution in [0, 0.1) is 5.92 Å². The zero-order valence-corrected chi connectivity index (χ0v) is 19.0. The molecule has 1 aromatic carbocycles. The molecule has 1 amide bonds. The van der Waals surface area contributed by atoms with Crippen LogP contribution >= 0.6 is 35.6 Å². The molecule has 0 unspecified atom stereocenters. The molecule has 0 spiro atoms. The lowest BCUT2D eigenvalue weighted by atomic mass is 9.95. The van der Waals surface area contributed by atoms with Crippen LogP contribution in [0.15, 0.2) is 45.7 Å². The number of nitrogens with one attached hydrogen (secondary N) is 3.